The van der Waals surface area contributed by atoms with Crippen LogP contribution in [0.25, 0.3) is 0 Å². The molecule has 0 saturated heterocycles. The Labute approximate surface area is 126 Å². The van der Waals surface area contributed by atoms with Crippen molar-refractivity contribution in [2.24, 2.45) is 0 Å². The molecule has 1 heterocycles. The van der Waals surface area contributed by atoms with Gasteiger partial charge in [0.05, 0.1) is 19.0 Å². The molecule has 0 amide bonds. The number of benzene rings is 1. The molecular formula is C15H18BrNO3. The summed E-state index contributed by atoms with van der Waals surface area (Å²) in [6.07, 6.45) is 1.04. The molecule has 1 aromatic heterocycles. The van der Waals surface area contributed by atoms with Crippen molar-refractivity contribution in [1.29, 1.82) is 0 Å². The van der Waals surface area contributed by atoms with Crippen molar-refractivity contribution in [2.45, 2.75) is 19.6 Å². The number of hydrogen-bond acceptors (Lipinski definition) is 4. The number of ether oxygens (including phenoxy) is 1. The molecule has 0 radical (unpaired) electrons. The minimum Gasteiger partial charge on any atom is -0.467 e. The Balaban J connectivity index is 1.72. The number of nitrogens with one attached hydrogen (secondary N) is 1. The van der Waals surface area contributed by atoms with Crippen LogP contribution < -0.4 is 5.32 Å². The summed E-state index contributed by atoms with van der Waals surface area (Å²) in [5.74, 6) is 0.757. The van der Waals surface area contributed by atoms with Crippen molar-refractivity contribution in [2.75, 3.05) is 18.5 Å². The van der Waals surface area contributed by atoms with E-state index < -0.39 is 6.10 Å². The van der Waals surface area contributed by atoms with E-state index in [1.807, 2.05) is 37.3 Å². The first-order valence-electron chi connectivity index (χ1n) is 6.44. The topological polar surface area (TPSA) is 54.6 Å². The van der Waals surface area contributed by atoms with E-state index in [-0.39, 0.29) is 6.61 Å². The van der Waals surface area contributed by atoms with Crippen molar-refractivity contribution in [3.05, 3.63) is 52.4 Å². The minimum absolute atomic E-state index is 0.265. The maximum Gasteiger partial charge on any atom is 0.129 e. The number of aliphatic hydroxyl groups is 1. The molecule has 1 unspecified atom stereocenters. The summed E-state index contributed by atoms with van der Waals surface area (Å²) in [5, 5.41) is 13.1. The smallest absolute Gasteiger partial charge is 0.129 e. The number of aliphatic hydroxyl groups excluding tert-OH is 1. The van der Waals surface area contributed by atoms with Crippen molar-refractivity contribution in [3.8, 4) is 0 Å². The summed E-state index contributed by atoms with van der Waals surface area (Å²) in [7, 11) is 0. The molecule has 0 aliphatic rings. The Morgan fingerprint density at radius 3 is 2.95 bits per heavy atom. The van der Waals surface area contributed by atoms with E-state index >= 15 is 0 Å². The van der Waals surface area contributed by atoms with E-state index in [1.54, 1.807) is 6.26 Å². The summed E-state index contributed by atoms with van der Waals surface area (Å²) >= 11 is 3.48. The van der Waals surface area contributed by atoms with Gasteiger partial charge in [0.25, 0.3) is 0 Å². The van der Waals surface area contributed by atoms with Crippen molar-refractivity contribution >= 4 is 21.6 Å². The van der Waals surface area contributed by atoms with E-state index in [2.05, 4.69) is 21.2 Å². The van der Waals surface area contributed by atoms with Crippen LogP contribution >= 0.6 is 15.9 Å². The summed E-state index contributed by atoms with van der Waals surface area (Å²) < 4.78 is 11.6. The lowest BCUT2D eigenvalue weighted by Gasteiger charge is -2.15. The normalized spacial score (nSPS) is 12.3. The zero-order chi connectivity index (χ0) is 14.4. The first-order valence-corrected chi connectivity index (χ1v) is 7.23. The van der Waals surface area contributed by atoms with Gasteiger partial charge in [-0.3, -0.25) is 0 Å². The zero-order valence-corrected chi connectivity index (χ0v) is 12.9. The highest BCUT2D eigenvalue weighted by Gasteiger charge is 2.07. The number of halogens is 1. The van der Waals surface area contributed by atoms with Crippen molar-refractivity contribution in [1.82, 2.24) is 0 Å². The van der Waals surface area contributed by atoms with Crippen LogP contribution in [-0.2, 0) is 11.3 Å². The summed E-state index contributed by atoms with van der Waals surface area (Å²) in [4.78, 5) is 0. The zero-order valence-electron chi connectivity index (χ0n) is 11.3. The molecule has 0 aliphatic carbocycles. The van der Waals surface area contributed by atoms with E-state index in [1.165, 1.54) is 0 Å². The summed E-state index contributed by atoms with van der Waals surface area (Å²) in [5.41, 5.74) is 2.13. The molecule has 5 heteroatoms. The molecule has 0 saturated carbocycles. The molecule has 1 aromatic carbocycles. The number of hydrogen-bond donors (Lipinski definition) is 2. The quantitative estimate of drug-likeness (QED) is 0.812. The first kappa shape index (κ1) is 15.1. The van der Waals surface area contributed by atoms with Crippen LogP contribution in [-0.4, -0.2) is 24.4 Å². The minimum atomic E-state index is -0.566. The molecule has 2 N–H and O–H groups in total. The Morgan fingerprint density at radius 2 is 2.20 bits per heavy atom. The lowest BCUT2D eigenvalue weighted by molar-refractivity contribution is 0.0282. The van der Waals surface area contributed by atoms with Crippen LogP contribution in [0.1, 0.15) is 11.3 Å². The third-order valence-corrected chi connectivity index (χ3v) is 3.79. The molecule has 1 atom stereocenters. The third-order valence-electron chi connectivity index (χ3n) is 2.93. The van der Waals surface area contributed by atoms with Gasteiger partial charge in [-0.15, -0.1) is 0 Å². The van der Waals surface area contributed by atoms with Crippen LogP contribution in [0.4, 0.5) is 5.69 Å². The molecule has 108 valence electrons. The van der Waals surface area contributed by atoms with Crippen molar-refractivity contribution < 1.29 is 14.3 Å². The Kier molecular flexibility index (Phi) is 5.64. The lowest BCUT2D eigenvalue weighted by atomic mass is 10.2. The van der Waals surface area contributed by atoms with Crippen molar-refractivity contribution in [3.63, 3.8) is 0 Å². The van der Waals surface area contributed by atoms with Gasteiger partial charge < -0.3 is 19.6 Å². The van der Waals surface area contributed by atoms with Crippen LogP contribution in [0, 0.1) is 6.92 Å². The van der Waals surface area contributed by atoms with E-state index in [9.17, 15) is 5.11 Å². The Hall–Kier alpha value is -1.30. The van der Waals surface area contributed by atoms with Gasteiger partial charge in [0.1, 0.15) is 12.4 Å². The van der Waals surface area contributed by atoms with Gasteiger partial charge in [0.2, 0.25) is 0 Å². The Bertz CT molecular complexity index is 528. The monoisotopic (exact) mass is 339 g/mol. The average molecular weight is 340 g/mol. The fourth-order valence-electron chi connectivity index (χ4n) is 1.78. The Morgan fingerprint density at radius 1 is 1.35 bits per heavy atom. The van der Waals surface area contributed by atoms with Gasteiger partial charge in [-0.05, 0) is 36.8 Å². The van der Waals surface area contributed by atoms with E-state index in [0.717, 1.165) is 21.5 Å². The maximum atomic E-state index is 9.87. The number of furan rings is 1. The van der Waals surface area contributed by atoms with Crippen LogP contribution in [0.3, 0.4) is 0 Å². The second-order valence-corrected chi connectivity index (χ2v) is 5.40. The van der Waals surface area contributed by atoms with Gasteiger partial charge in [-0.25, -0.2) is 0 Å². The SMILES string of the molecule is Cc1c(Br)cccc1NCC(O)COCc1ccco1. The summed E-state index contributed by atoms with van der Waals surface area (Å²) in [6.45, 7) is 3.10. The van der Waals surface area contributed by atoms with E-state index in [0.29, 0.717) is 13.2 Å². The molecule has 20 heavy (non-hydrogen) atoms. The molecule has 2 aromatic rings. The number of rotatable bonds is 7. The predicted octanol–water partition coefficient (Wildman–Crippen LogP) is 3.34. The molecule has 0 aliphatic heterocycles. The third kappa shape index (κ3) is 4.37. The van der Waals surface area contributed by atoms with Crippen LogP contribution in [0.15, 0.2) is 45.5 Å². The van der Waals surface area contributed by atoms with E-state index in [4.69, 9.17) is 9.15 Å². The fraction of sp³-hybridized carbons (Fsp3) is 0.333. The summed E-state index contributed by atoms with van der Waals surface area (Å²) in [6, 6.07) is 9.58. The molecular weight excluding hydrogens is 322 g/mol. The highest BCUT2D eigenvalue weighted by atomic mass is 79.9. The highest BCUT2D eigenvalue weighted by Crippen LogP contribution is 2.23. The second kappa shape index (κ2) is 7.47. The molecule has 2 rings (SSSR count). The van der Waals surface area contributed by atoms with Crippen LogP contribution in [0.5, 0.6) is 0 Å². The highest BCUT2D eigenvalue weighted by molar-refractivity contribution is 9.10. The molecule has 0 spiro atoms. The predicted molar refractivity (Wildman–Crippen MR) is 81.7 cm³/mol. The maximum absolute atomic E-state index is 9.87. The standard InChI is InChI=1S/C15H18BrNO3/c1-11-14(16)5-2-6-15(11)17-8-12(18)9-19-10-13-4-3-7-20-13/h2-7,12,17-18H,8-10H2,1H3. The van der Waals surface area contributed by atoms with Gasteiger partial charge in [0, 0.05) is 16.7 Å². The molecule has 0 bridgehead atoms. The lowest BCUT2D eigenvalue weighted by Crippen LogP contribution is -2.25. The molecule has 0 fully saturated rings. The fourth-order valence-corrected chi connectivity index (χ4v) is 2.14. The van der Waals surface area contributed by atoms with Gasteiger partial charge in [-0.2, -0.15) is 0 Å². The molecule has 4 nitrogen and oxygen atoms in total. The van der Waals surface area contributed by atoms with Gasteiger partial charge in [0.15, 0.2) is 0 Å². The first-order chi connectivity index (χ1) is 9.66. The van der Waals surface area contributed by atoms with Gasteiger partial charge in [-0.1, -0.05) is 22.0 Å². The van der Waals surface area contributed by atoms with Crippen LogP contribution in [0.2, 0.25) is 0 Å². The number of anilines is 1. The van der Waals surface area contributed by atoms with Gasteiger partial charge >= 0.3 is 0 Å². The second-order valence-electron chi connectivity index (χ2n) is 4.54. The average Bonchev–Trinajstić information content (AvgIpc) is 2.94. The largest absolute Gasteiger partial charge is 0.467 e.